The van der Waals surface area contributed by atoms with Crippen molar-refractivity contribution in [2.45, 2.75) is 69.7 Å². The Morgan fingerprint density at radius 1 is 1.19 bits per heavy atom. The third kappa shape index (κ3) is 6.49. The predicted octanol–water partition coefficient (Wildman–Crippen LogP) is 6.11. The molecular weight excluding hydrogens is 475 g/mol. The molecule has 2 aromatic rings. The molecule has 0 aromatic heterocycles. The Balaban J connectivity index is 1.43. The van der Waals surface area contributed by atoms with Gasteiger partial charge in [0.2, 0.25) is 5.91 Å². The van der Waals surface area contributed by atoms with Gasteiger partial charge in [-0.1, -0.05) is 56.5 Å². The highest BCUT2D eigenvalue weighted by atomic mass is 32.2. The van der Waals surface area contributed by atoms with Gasteiger partial charge in [-0.25, -0.2) is 4.39 Å². The first kappa shape index (κ1) is 26.3. The number of benzene rings is 2. The fourth-order valence-electron chi connectivity index (χ4n) is 4.81. The van der Waals surface area contributed by atoms with Gasteiger partial charge in [0, 0.05) is 16.9 Å². The second kappa shape index (κ2) is 12.4. The largest absolute Gasteiger partial charge is 0.494 e. The molecule has 1 N–H and O–H groups in total. The molecule has 3 atom stereocenters. The monoisotopic (exact) mass is 510 g/mol. The summed E-state index contributed by atoms with van der Waals surface area (Å²) in [6, 6.07) is 14.0. The summed E-state index contributed by atoms with van der Waals surface area (Å²) in [6.45, 7) is 4.75. The molecule has 0 spiro atoms. The Morgan fingerprint density at radius 2 is 1.94 bits per heavy atom. The van der Waals surface area contributed by atoms with Gasteiger partial charge in [0.25, 0.3) is 5.91 Å². The number of ether oxygens (including phenoxy) is 1. The number of rotatable bonds is 9. The second-order valence-corrected chi connectivity index (χ2v) is 10.8. The van der Waals surface area contributed by atoms with Crippen LogP contribution in [0.1, 0.15) is 69.5 Å². The quantitative estimate of drug-likeness (QED) is 0.327. The number of carbonyl (C=O) groups excluding carboxylic acids is 2. The molecule has 36 heavy (non-hydrogen) atoms. The van der Waals surface area contributed by atoms with Crippen LogP contribution in [-0.2, 0) is 9.59 Å². The first-order valence-corrected chi connectivity index (χ1v) is 13.8. The van der Waals surface area contributed by atoms with E-state index in [2.05, 4.69) is 12.2 Å². The predicted molar refractivity (Wildman–Crippen MR) is 143 cm³/mol. The first-order valence-electron chi connectivity index (χ1n) is 12.9. The Bertz CT molecular complexity index is 1090. The summed E-state index contributed by atoms with van der Waals surface area (Å²) >= 11 is 1.54. The number of carbonyl (C=O) groups is 2. The number of hydrogen-bond donors (Lipinski definition) is 1. The van der Waals surface area contributed by atoms with Gasteiger partial charge in [-0.15, -0.1) is 11.8 Å². The van der Waals surface area contributed by atoms with Crippen molar-refractivity contribution in [1.29, 1.82) is 0 Å². The fourth-order valence-corrected chi connectivity index (χ4v) is 6.27. The van der Waals surface area contributed by atoms with Crippen LogP contribution in [0.5, 0.6) is 5.75 Å². The number of halogens is 1. The summed E-state index contributed by atoms with van der Waals surface area (Å²) in [5.41, 5.74) is 1.37. The van der Waals surface area contributed by atoms with Gasteiger partial charge >= 0.3 is 0 Å². The van der Waals surface area contributed by atoms with E-state index in [0.29, 0.717) is 17.1 Å². The van der Waals surface area contributed by atoms with Crippen LogP contribution in [0.3, 0.4) is 0 Å². The average Bonchev–Trinajstić information content (AvgIpc) is 2.88. The van der Waals surface area contributed by atoms with Crippen LogP contribution in [0.4, 0.5) is 4.39 Å². The van der Waals surface area contributed by atoms with Crippen LogP contribution >= 0.6 is 11.8 Å². The van der Waals surface area contributed by atoms with Crippen molar-refractivity contribution in [2.24, 2.45) is 0 Å². The molecule has 4 rings (SSSR count). The summed E-state index contributed by atoms with van der Waals surface area (Å²) in [5.74, 6) is 0.0760. The molecular formula is C29H35FN2O3S. The van der Waals surface area contributed by atoms with Crippen LogP contribution in [0, 0.1) is 5.82 Å². The maximum atomic E-state index is 14.3. The van der Waals surface area contributed by atoms with Gasteiger partial charge in [-0.2, -0.15) is 0 Å². The van der Waals surface area contributed by atoms with E-state index >= 15 is 0 Å². The summed E-state index contributed by atoms with van der Waals surface area (Å²) in [5, 5.41) is 3.27. The van der Waals surface area contributed by atoms with E-state index < -0.39 is 0 Å². The van der Waals surface area contributed by atoms with E-state index in [4.69, 9.17) is 4.74 Å². The van der Waals surface area contributed by atoms with Crippen LogP contribution < -0.4 is 10.1 Å². The van der Waals surface area contributed by atoms with E-state index in [1.54, 1.807) is 29.2 Å². The molecule has 2 aromatic carbocycles. The summed E-state index contributed by atoms with van der Waals surface area (Å²) in [7, 11) is 0. The zero-order valence-corrected chi connectivity index (χ0v) is 21.9. The summed E-state index contributed by atoms with van der Waals surface area (Å²) < 4.78 is 20.0. The lowest BCUT2D eigenvalue weighted by Gasteiger charge is -2.44. The van der Waals surface area contributed by atoms with Crippen LogP contribution in [-0.4, -0.2) is 41.2 Å². The van der Waals surface area contributed by atoms with E-state index in [1.807, 2.05) is 31.2 Å². The number of unbranched alkanes of at least 4 members (excludes halogenated alkanes) is 1. The summed E-state index contributed by atoms with van der Waals surface area (Å²) in [4.78, 5) is 28.7. The zero-order chi connectivity index (χ0) is 25.5. The highest BCUT2D eigenvalue weighted by Gasteiger charge is 2.41. The lowest BCUT2D eigenvalue weighted by molar-refractivity contribution is -0.135. The number of fused-ring (bicyclic) bond motifs is 1. The number of nitrogens with one attached hydrogen (secondary N) is 1. The number of hydrogen-bond acceptors (Lipinski definition) is 4. The molecule has 7 heteroatoms. The molecule has 1 aliphatic heterocycles. The summed E-state index contributed by atoms with van der Waals surface area (Å²) in [6.07, 6.45) is 7.75. The Morgan fingerprint density at radius 3 is 2.69 bits per heavy atom. The molecule has 5 nitrogen and oxygen atoms in total. The number of amides is 2. The first-order chi connectivity index (χ1) is 17.5. The third-order valence-electron chi connectivity index (χ3n) is 6.85. The lowest BCUT2D eigenvalue weighted by atomic mass is 9.93. The molecule has 1 saturated heterocycles. The third-order valence-corrected chi connectivity index (χ3v) is 8.25. The van der Waals surface area contributed by atoms with Gasteiger partial charge in [0.15, 0.2) is 0 Å². The van der Waals surface area contributed by atoms with Gasteiger partial charge in [-0.3, -0.25) is 9.59 Å². The number of nitrogens with zero attached hydrogens (tertiary/aromatic N) is 1. The highest BCUT2D eigenvalue weighted by Crippen LogP contribution is 2.42. The van der Waals surface area contributed by atoms with Crippen LogP contribution in [0.15, 0.2) is 53.4 Å². The van der Waals surface area contributed by atoms with Gasteiger partial charge in [0.05, 0.1) is 17.6 Å². The van der Waals surface area contributed by atoms with E-state index in [9.17, 15) is 14.0 Å². The van der Waals surface area contributed by atoms with Crippen molar-refractivity contribution in [3.8, 4) is 5.75 Å². The van der Waals surface area contributed by atoms with Gasteiger partial charge in [0.1, 0.15) is 18.1 Å². The van der Waals surface area contributed by atoms with E-state index in [-0.39, 0.29) is 41.5 Å². The SMILES string of the molecule is CCCCOc1ccc(C(C)NC(=O)CN2C(=O)/C(=C/c3ccccc3F)SC3CCCCC32)cc1. The molecule has 2 amide bonds. The van der Waals surface area contributed by atoms with E-state index in [1.165, 1.54) is 17.8 Å². The van der Waals surface area contributed by atoms with Crippen LogP contribution in [0.25, 0.3) is 6.08 Å². The minimum atomic E-state index is -0.357. The molecule has 1 heterocycles. The van der Waals surface area contributed by atoms with Crippen molar-refractivity contribution in [3.63, 3.8) is 0 Å². The van der Waals surface area contributed by atoms with Gasteiger partial charge < -0.3 is 15.0 Å². The Hall–Kier alpha value is -2.80. The average molecular weight is 511 g/mol. The molecule has 3 unspecified atom stereocenters. The number of thioether (sulfide) groups is 1. The molecule has 2 aliphatic rings. The van der Waals surface area contributed by atoms with E-state index in [0.717, 1.165) is 49.8 Å². The lowest BCUT2D eigenvalue weighted by Crippen LogP contribution is -2.54. The maximum Gasteiger partial charge on any atom is 0.261 e. The topological polar surface area (TPSA) is 58.6 Å². The van der Waals surface area contributed by atoms with Crippen molar-refractivity contribution in [3.05, 3.63) is 70.4 Å². The van der Waals surface area contributed by atoms with Crippen molar-refractivity contribution in [2.75, 3.05) is 13.2 Å². The maximum absolute atomic E-state index is 14.3. The Kier molecular flexibility index (Phi) is 9.08. The highest BCUT2D eigenvalue weighted by molar-refractivity contribution is 8.04. The minimum absolute atomic E-state index is 0.00226. The molecule has 0 radical (unpaired) electrons. The molecule has 192 valence electrons. The minimum Gasteiger partial charge on any atom is -0.494 e. The second-order valence-electron chi connectivity index (χ2n) is 9.53. The zero-order valence-electron chi connectivity index (χ0n) is 21.0. The fraction of sp³-hybridized carbons (Fsp3) is 0.448. The molecule has 1 saturated carbocycles. The van der Waals surface area contributed by atoms with Crippen LogP contribution in [0.2, 0.25) is 0 Å². The Labute approximate surface area is 217 Å². The molecule has 1 aliphatic carbocycles. The smallest absolute Gasteiger partial charge is 0.261 e. The standard InChI is InChI=1S/C29H35FN2O3S/c1-3-4-17-35-23-15-13-21(14-16-23)20(2)31-28(33)19-32-25-11-7-8-12-26(25)36-27(29(32)34)18-22-9-5-6-10-24(22)30/h5-6,9-10,13-16,18,20,25-26H,3-4,7-8,11-12,17,19H2,1-2H3,(H,31,33)/b27-18-. The normalized spacial score (nSPS) is 21.7. The van der Waals surface area contributed by atoms with Gasteiger partial charge in [-0.05, 0) is 56.0 Å². The molecule has 0 bridgehead atoms. The molecule has 2 fully saturated rings. The van der Waals surface area contributed by atoms with Crippen molar-refractivity contribution in [1.82, 2.24) is 10.2 Å². The van der Waals surface area contributed by atoms with Crippen molar-refractivity contribution < 1.29 is 18.7 Å². The van der Waals surface area contributed by atoms with Crippen molar-refractivity contribution >= 4 is 29.7 Å².